The van der Waals surface area contributed by atoms with Crippen LogP contribution in [0, 0.1) is 0 Å². The van der Waals surface area contributed by atoms with E-state index in [1.807, 2.05) is 6.07 Å². The third kappa shape index (κ3) is 2.45. The molecule has 0 aliphatic carbocycles. The fourth-order valence-electron chi connectivity index (χ4n) is 1.83. The molecule has 1 atom stereocenters. The molecule has 78 valence electrons. The van der Waals surface area contributed by atoms with Crippen molar-refractivity contribution in [2.24, 2.45) is 0 Å². The van der Waals surface area contributed by atoms with E-state index in [0.717, 1.165) is 18.0 Å². The van der Waals surface area contributed by atoms with E-state index in [-0.39, 0.29) is 0 Å². The van der Waals surface area contributed by atoms with E-state index < -0.39 is 0 Å². The second-order valence-corrected chi connectivity index (χ2v) is 4.35. The van der Waals surface area contributed by atoms with Gasteiger partial charge in [0.05, 0.1) is 4.99 Å². The summed E-state index contributed by atoms with van der Waals surface area (Å²) in [5.74, 6) is 0. The first kappa shape index (κ1) is 10.4. The summed E-state index contributed by atoms with van der Waals surface area (Å²) in [4.78, 5) is 3.33. The van der Waals surface area contributed by atoms with Crippen LogP contribution in [0.15, 0.2) is 42.5 Å². The normalized spacial score (nSPS) is 20.7. The first-order valence-corrected chi connectivity index (χ1v) is 5.68. The van der Waals surface area contributed by atoms with Gasteiger partial charge < -0.3 is 4.90 Å². The molecule has 0 amide bonds. The van der Waals surface area contributed by atoms with Crippen molar-refractivity contribution < 1.29 is 0 Å². The van der Waals surface area contributed by atoms with Gasteiger partial charge in [-0.1, -0.05) is 54.7 Å². The van der Waals surface area contributed by atoms with Gasteiger partial charge in [-0.25, -0.2) is 0 Å². The number of thiocarbonyl (C=S) groups is 1. The van der Waals surface area contributed by atoms with Gasteiger partial charge in [0, 0.05) is 19.0 Å². The average molecular weight is 217 g/mol. The number of benzene rings is 1. The Labute approximate surface area is 96.4 Å². The van der Waals surface area contributed by atoms with E-state index in [9.17, 15) is 0 Å². The molecule has 0 radical (unpaired) electrons. The molecule has 1 unspecified atom stereocenters. The van der Waals surface area contributed by atoms with Crippen molar-refractivity contribution in [1.29, 1.82) is 0 Å². The van der Waals surface area contributed by atoms with Crippen molar-refractivity contribution >= 4 is 17.2 Å². The van der Waals surface area contributed by atoms with Gasteiger partial charge in [0.2, 0.25) is 0 Å². The monoisotopic (exact) mass is 217 g/mol. The van der Waals surface area contributed by atoms with E-state index in [1.165, 1.54) is 5.56 Å². The quantitative estimate of drug-likeness (QED) is 0.553. The van der Waals surface area contributed by atoms with Crippen LogP contribution in [0.1, 0.15) is 18.9 Å². The topological polar surface area (TPSA) is 3.24 Å². The van der Waals surface area contributed by atoms with Crippen molar-refractivity contribution in [1.82, 2.24) is 4.90 Å². The van der Waals surface area contributed by atoms with Gasteiger partial charge in [-0.15, -0.1) is 0 Å². The molecule has 1 aliphatic rings. The number of hydrogen-bond acceptors (Lipinski definition) is 1. The van der Waals surface area contributed by atoms with Gasteiger partial charge in [0.25, 0.3) is 0 Å². The Kier molecular flexibility index (Phi) is 3.17. The second-order valence-electron chi connectivity index (χ2n) is 3.88. The Bertz CT molecular complexity index is 369. The fraction of sp³-hybridized carbons (Fsp3) is 0.308. The SMILES string of the molecule is CC1C=CCC(=S)N1Cc1ccccc1. The first-order chi connectivity index (χ1) is 7.27. The lowest BCUT2D eigenvalue weighted by Crippen LogP contribution is -2.37. The summed E-state index contributed by atoms with van der Waals surface area (Å²) in [5, 5.41) is 0. The lowest BCUT2D eigenvalue weighted by atomic mass is 10.1. The summed E-state index contributed by atoms with van der Waals surface area (Å²) in [7, 11) is 0. The summed E-state index contributed by atoms with van der Waals surface area (Å²) in [6.07, 6.45) is 5.29. The average Bonchev–Trinajstić information content (AvgIpc) is 2.25. The van der Waals surface area contributed by atoms with E-state index in [2.05, 4.69) is 48.2 Å². The maximum absolute atomic E-state index is 5.38. The predicted octanol–water partition coefficient (Wildman–Crippen LogP) is 3.16. The Balaban J connectivity index is 2.11. The molecule has 0 N–H and O–H groups in total. The zero-order valence-electron chi connectivity index (χ0n) is 8.89. The molecule has 2 rings (SSSR count). The number of rotatable bonds is 2. The molecule has 1 nitrogen and oxygen atoms in total. The van der Waals surface area contributed by atoms with Crippen LogP contribution in [0.2, 0.25) is 0 Å². The van der Waals surface area contributed by atoms with Crippen LogP contribution in [-0.4, -0.2) is 15.9 Å². The van der Waals surface area contributed by atoms with Gasteiger partial charge in [0.15, 0.2) is 0 Å². The Hall–Kier alpha value is -1.15. The highest BCUT2D eigenvalue weighted by atomic mass is 32.1. The molecule has 0 bridgehead atoms. The molecule has 1 aromatic rings. The van der Waals surface area contributed by atoms with Gasteiger partial charge >= 0.3 is 0 Å². The van der Waals surface area contributed by atoms with Crippen molar-refractivity contribution in [2.75, 3.05) is 0 Å². The van der Waals surface area contributed by atoms with Gasteiger partial charge in [-0.2, -0.15) is 0 Å². The maximum atomic E-state index is 5.38. The third-order valence-electron chi connectivity index (χ3n) is 2.71. The molecular formula is C13H15NS. The van der Waals surface area contributed by atoms with Crippen LogP contribution in [0.5, 0.6) is 0 Å². The van der Waals surface area contributed by atoms with E-state index in [4.69, 9.17) is 12.2 Å². The second kappa shape index (κ2) is 4.58. The highest BCUT2D eigenvalue weighted by Gasteiger charge is 2.17. The Morgan fingerprint density at radius 3 is 2.73 bits per heavy atom. The van der Waals surface area contributed by atoms with Crippen LogP contribution in [0.25, 0.3) is 0 Å². The highest BCUT2D eigenvalue weighted by Crippen LogP contribution is 2.16. The van der Waals surface area contributed by atoms with Crippen LogP contribution >= 0.6 is 12.2 Å². The van der Waals surface area contributed by atoms with Gasteiger partial charge in [-0.05, 0) is 12.5 Å². The molecule has 1 heterocycles. The smallest absolute Gasteiger partial charge is 0.0825 e. The molecule has 0 saturated carbocycles. The number of hydrogen-bond donors (Lipinski definition) is 0. The lowest BCUT2D eigenvalue weighted by Gasteiger charge is -2.32. The minimum Gasteiger partial charge on any atom is -0.355 e. The van der Waals surface area contributed by atoms with Crippen LogP contribution in [0.4, 0.5) is 0 Å². The van der Waals surface area contributed by atoms with Gasteiger partial charge in [-0.3, -0.25) is 0 Å². The Morgan fingerprint density at radius 2 is 2.07 bits per heavy atom. The molecular weight excluding hydrogens is 202 g/mol. The zero-order chi connectivity index (χ0) is 10.7. The standard InChI is InChI=1S/C13H15NS/c1-11-6-5-9-13(15)14(11)10-12-7-3-2-4-8-12/h2-8,11H,9-10H2,1H3. The molecule has 15 heavy (non-hydrogen) atoms. The maximum Gasteiger partial charge on any atom is 0.0825 e. The molecule has 1 aliphatic heterocycles. The van der Waals surface area contributed by atoms with E-state index in [1.54, 1.807) is 0 Å². The largest absolute Gasteiger partial charge is 0.355 e. The fourth-order valence-corrected chi connectivity index (χ4v) is 2.15. The summed E-state index contributed by atoms with van der Waals surface area (Å²) in [6.45, 7) is 3.11. The van der Waals surface area contributed by atoms with Crippen LogP contribution in [-0.2, 0) is 6.54 Å². The van der Waals surface area contributed by atoms with Crippen LogP contribution in [0.3, 0.4) is 0 Å². The minimum absolute atomic E-state index is 0.423. The predicted molar refractivity (Wildman–Crippen MR) is 67.8 cm³/mol. The van der Waals surface area contributed by atoms with Crippen LogP contribution < -0.4 is 0 Å². The van der Waals surface area contributed by atoms with Crippen molar-refractivity contribution in [3.05, 3.63) is 48.0 Å². The minimum atomic E-state index is 0.423. The summed E-state index contributed by atoms with van der Waals surface area (Å²) in [6, 6.07) is 10.9. The number of nitrogens with zero attached hydrogens (tertiary/aromatic N) is 1. The lowest BCUT2D eigenvalue weighted by molar-refractivity contribution is 0.365. The zero-order valence-corrected chi connectivity index (χ0v) is 9.70. The van der Waals surface area contributed by atoms with Crippen molar-refractivity contribution in [3.8, 4) is 0 Å². The van der Waals surface area contributed by atoms with Gasteiger partial charge in [0.1, 0.15) is 0 Å². The third-order valence-corrected chi connectivity index (χ3v) is 3.12. The molecule has 2 heteroatoms. The van der Waals surface area contributed by atoms with E-state index in [0.29, 0.717) is 6.04 Å². The Morgan fingerprint density at radius 1 is 1.33 bits per heavy atom. The molecule has 0 spiro atoms. The van der Waals surface area contributed by atoms with Crippen molar-refractivity contribution in [3.63, 3.8) is 0 Å². The molecule has 0 saturated heterocycles. The summed E-state index contributed by atoms with van der Waals surface area (Å²) in [5.41, 5.74) is 1.32. The summed E-state index contributed by atoms with van der Waals surface area (Å²) < 4.78 is 0. The first-order valence-electron chi connectivity index (χ1n) is 5.27. The van der Waals surface area contributed by atoms with E-state index >= 15 is 0 Å². The molecule has 0 aromatic heterocycles. The molecule has 0 fully saturated rings. The highest BCUT2D eigenvalue weighted by molar-refractivity contribution is 7.80. The summed E-state index contributed by atoms with van der Waals surface area (Å²) >= 11 is 5.38. The molecule has 1 aromatic carbocycles. The van der Waals surface area contributed by atoms with Crippen molar-refractivity contribution in [2.45, 2.75) is 25.9 Å².